The van der Waals surface area contributed by atoms with Crippen LogP contribution in [-0.2, 0) is 0 Å². The molecule has 0 aliphatic carbocycles. The number of benzene rings is 3. The van der Waals surface area contributed by atoms with E-state index in [1.165, 1.54) is 0 Å². The number of carbonyl (C=O) groups excluding carboxylic acids is 1. The molecule has 1 N–H and O–H groups in total. The van der Waals surface area contributed by atoms with E-state index in [4.69, 9.17) is 4.74 Å². The van der Waals surface area contributed by atoms with Crippen LogP contribution in [0.25, 0.3) is 11.3 Å². The molecule has 32 heavy (non-hydrogen) atoms. The van der Waals surface area contributed by atoms with Gasteiger partial charge in [-0.2, -0.15) is 5.10 Å². The third-order valence-electron chi connectivity index (χ3n) is 5.70. The van der Waals surface area contributed by atoms with Crippen molar-refractivity contribution in [2.24, 2.45) is 0 Å². The molecule has 5 nitrogen and oxygen atoms in total. The van der Waals surface area contributed by atoms with Crippen LogP contribution in [0.15, 0.2) is 77.3 Å². The van der Waals surface area contributed by atoms with Crippen molar-refractivity contribution in [1.82, 2.24) is 10.2 Å². The Kier molecular flexibility index (Phi) is 5.31. The first-order valence-corrected chi connectivity index (χ1v) is 11.3. The van der Waals surface area contributed by atoms with Gasteiger partial charge < -0.3 is 4.74 Å². The van der Waals surface area contributed by atoms with Crippen LogP contribution in [0.1, 0.15) is 40.1 Å². The molecule has 1 amide bonds. The molecule has 2 heterocycles. The maximum atomic E-state index is 13.6. The van der Waals surface area contributed by atoms with Crippen molar-refractivity contribution in [3.63, 3.8) is 0 Å². The Labute approximate surface area is 195 Å². The van der Waals surface area contributed by atoms with Crippen molar-refractivity contribution in [2.75, 3.05) is 11.5 Å². The highest BCUT2D eigenvalue weighted by Gasteiger charge is 2.43. The molecule has 5 rings (SSSR count). The molecule has 0 fully saturated rings. The minimum absolute atomic E-state index is 0.0846. The largest absolute Gasteiger partial charge is 0.494 e. The zero-order chi connectivity index (χ0) is 22.2. The maximum Gasteiger partial charge on any atom is 0.277 e. The Hall–Kier alpha value is -3.38. The van der Waals surface area contributed by atoms with E-state index >= 15 is 0 Å². The molecule has 6 heteroatoms. The summed E-state index contributed by atoms with van der Waals surface area (Å²) >= 11 is 3.49. The number of nitrogens with zero attached hydrogens (tertiary/aromatic N) is 2. The van der Waals surface area contributed by atoms with Crippen LogP contribution in [0.3, 0.4) is 0 Å². The van der Waals surface area contributed by atoms with Crippen LogP contribution in [0.4, 0.5) is 5.69 Å². The fraction of sp³-hybridized carbons (Fsp3) is 0.154. The number of carbonyl (C=O) groups is 1. The fourth-order valence-corrected chi connectivity index (χ4v) is 4.44. The average Bonchev–Trinajstić information content (AvgIpc) is 3.35. The van der Waals surface area contributed by atoms with E-state index in [0.29, 0.717) is 12.3 Å². The number of halogens is 1. The second-order valence-electron chi connectivity index (χ2n) is 7.78. The number of nitrogens with one attached hydrogen (secondary N) is 1. The normalized spacial score (nSPS) is 15.2. The minimum Gasteiger partial charge on any atom is -0.494 e. The fourth-order valence-electron chi connectivity index (χ4n) is 4.17. The lowest BCUT2D eigenvalue weighted by atomic mass is 9.95. The molecular weight excluding hydrogens is 466 g/mol. The summed E-state index contributed by atoms with van der Waals surface area (Å²) in [6, 6.07) is 23.7. The lowest BCUT2D eigenvalue weighted by molar-refractivity contribution is 0.0989. The lowest BCUT2D eigenvalue weighted by Crippen LogP contribution is -2.29. The van der Waals surface area contributed by atoms with Gasteiger partial charge in [0.2, 0.25) is 0 Å². The summed E-state index contributed by atoms with van der Waals surface area (Å²) in [5.74, 6) is 0.724. The average molecular weight is 488 g/mol. The van der Waals surface area contributed by atoms with E-state index in [1.807, 2.05) is 91.5 Å². The lowest BCUT2D eigenvalue weighted by Gasteiger charge is -2.26. The number of fused-ring (bicyclic) bond motifs is 1. The predicted octanol–water partition coefficient (Wildman–Crippen LogP) is 6.30. The first-order valence-electron chi connectivity index (χ1n) is 10.5. The molecule has 1 atom stereocenters. The van der Waals surface area contributed by atoms with Crippen LogP contribution >= 0.6 is 15.9 Å². The number of ether oxygens (including phenoxy) is 1. The molecule has 1 aromatic heterocycles. The number of rotatable bonds is 5. The molecule has 0 saturated carbocycles. The van der Waals surface area contributed by atoms with E-state index in [1.54, 1.807) is 0 Å². The van der Waals surface area contributed by atoms with Gasteiger partial charge in [-0.05, 0) is 55.8 Å². The standard InChI is InChI=1S/C26H22BrN3O2/c1-3-32-21-14-8-18(9-15-21)25-22-23(17-6-10-19(27)11-7-17)28-29-24(22)26(31)30(25)20-12-4-16(2)5-13-20/h4-15,25H,3H2,1-2H3,(H,28,29). The first kappa shape index (κ1) is 20.5. The number of amides is 1. The van der Waals surface area contributed by atoms with E-state index in [2.05, 4.69) is 26.1 Å². The summed E-state index contributed by atoms with van der Waals surface area (Å²) in [6.45, 7) is 4.61. The van der Waals surface area contributed by atoms with Crippen LogP contribution in [0.2, 0.25) is 0 Å². The quantitative estimate of drug-likeness (QED) is 0.359. The van der Waals surface area contributed by atoms with E-state index in [-0.39, 0.29) is 11.9 Å². The number of aryl methyl sites for hydroxylation is 1. The maximum absolute atomic E-state index is 13.6. The second-order valence-corrected chi connectivity index (χ2v) is 8.70. The van der Waals surface area contributed by atoms with Gasteiger partial charge in [0, 0.05) is 21.3 Å². The third-order valence-corrected chi connectivity index (χ3v) is 6.23. The van der Waals surface area contributed by atoms with Gasteiger partial charge in [-0.25, -0.2) is 0 Å². The Bertz CT molecular complexity index is 1260. The molecule has 0 bridgehead atoms. The highest BCUT2D eigenvalue weighted by molar-refractivity contribution is 9.10. The Morgan fingerprint density at radius 2 is 1.69 bits per heavy atom. The summed E-state index contributed by atoms with van der Waals surface area (Å²) < 4.78 is 6.62. The van der Waals surface area contributed by atoms with Gasteiger partial charge in [-0.3, -0.25) is 14.8 Å². The van der Waals surface area contributed by atoms with Crippen molar-refractivity contribution < 1.29 is 9.53 Å². The van der Waals surface area contributed by atoms with Crippen LogP contribution in [0, 0.1) is 6.92 Å². The number of anilines is 1. The number of aromatic nitrogens is 2. The third kappa shape index (κ3) is 3.50. The molecule has 4 aromatic rings. The van der Waals surface area contributed by atoms with Gasteiger partial charge in [-0.1, -0.05) is 57.9 Å². The summed E-state index contributed by atoms with van der Waals surface area (Å²) in [6.07, 6.45) is 0. The Balaban J connectivity index is 1.67. The summed E-state index contributed by atoms with van der Waals surface area (Å²) in [4.78, 5) is 15.4. The molecule has 1 unspecified atom stereocenters. The number of hydrogen-bond acceptors (Lipinski definition) is 3. The number of hydrogen-bond donors (Lipinski definition) is 1. The molecule has 0 spiro atoms. The molecule has 0 radical (unpaired) electrons. The van der Waals surface area contributed by atoms with Crippen LogP contribution in [-0.4, -0.2) is 22.7 Å². The van der Waals surface area contributed by atoms with Crippen molar-refractivity contribution in [3.05, 3.63) is 99.7 Å². The second kappa shape index (κ2) is 8.28. The summed E-state index contributed by atoms with van der Waals surface area (Å²) in [5, 5.41) is 7.55. The number of aromatic amines is 1. The Morgan fingerprint density at radius 3 is 2.34 bits per heavy atom. The van der Waals surface area contributed by atoms with Gasteiger partial charge in [0.1, 0.15) is 11.4 Å². The molecule has 1 aliphatic rings. The van der Waals surface area contributed by atoms with Crippen molar-refractivity contribution >= 4 is 27.5 Å². The summed E-state index contributed by atoms with van der Waals surface area (Å²) in [5.41, 5.74) is 6.17. The Morgan fingerprint density at radius 1 is 1.00 bits per heavy atom. The molecule has 3 aromatic carbocycles. The molecule has 160 valence electrons. The van der Waals surface area contributed by atoms with E-state index in [9.17, 15) is 4.79 Å². The van der Waals surface area contributed by atoms with Crippen molar-refractivity contribution in [2.45, 2.75) is 19.9 Å². The smallest absolute Gasteiger partial charge is 0.277 e. The topological polar surface area (TPSA) is 58.2 Å². The van der Waals surface area contributed by atoms with Crippen LogP contribution in [0.5, 0.6) is 5.75 Å². The number of H-pyrrole nitrogens is 1. The highest BCUT2D eigenvalue weighted by Crippen LogP contribution is 2.45. The molecule has 0 saturated heterocycles. The minimum atomic E-state index is -0.298. The van der Waals surface area contributed by atoms with Crippen molar-refractivity contribution in [3.8, 4) is 17.0 Å². The zero-order valence-electron chi connectivity index (χ0n) is 17.8. The molecular formula is C26H22BrN3O2. The van der Waals surface area contributed by atoms with Gasteiger partial charge >= 0.3 is 0 Å². The van der Waals surface area contributed by atoms with Crippen molar-refractivity contribution in [1.29, 1.82) is 0 Å². The zero-order valence-corrected chi connectivity index (χ0v) is 19.4. The van der Waals surface area contributed by atoms with Gasteiger partial charge in [-0.15, -0.1) is 0 Å². The van der Waals surface area contributed by atoms with Gasteiger partial charge in [0.25, 0.3) is 5.91 Å². The van der Waals surface area contributed by atoms with E-state index < -0.39 is 0 Å². The van der Waals surface area contributed by atoms with Gasteiger partial charge in [0.15, 0.2) is 0 Å². The highest BCUT2D eigenvalue weighted by atomic mass is 79.9. The summed E-state index contributed by atoms with van der Waals surface area (Å²) in [7, 11) is 0. The van der Waals surface area contributed by atoms with E-state index in [0.717, 1.165) is 43.9 Å². The molecule has 1 aliphatic heterocycles. The SMILES string of the molecule is CCOc1ccc(C2c3c(-c4ccc(Br)cc4)n[nH]c3C(=O)N2c2ccc(C)cc2)cc1. The predicted molar refractivity (Wildman–Crippen MR) is 129 cm³/mol. The van der Waals surface area contributed by atoms with Gasteiger partial charge in [0.05, 0.1) is 18.3 Å². The monoisotopic (exact) mass is 487 g/mol. The van der Waals surface area contributed by atoms with Crippen LogP contribution < -0.4 is 9.64 Å². The first-order chi connectivity index (χ1) is 15.6.